The number of carbonyl (C=O) groups is 1. The molecule has 0 aromatic carbocycles. The molecule has 1 amide bonds. The van der Waals surface area contributed by atoms with Crippen LogP contribution < -0.4 is 5.32 Å². The fourth-order valence-electron chi connectivity index (χ4n) is 0.841. The van der Waals surface area contributed by atoms with Gasteiger partial charge in [0.2, 0.25) is 5.91 Å². The van der Waals surface area contributed by atoms with Gasteiger partial charge >= 0.3 is 0 Å². The number of likely N-dealkylation sites (N-methyl/N-ethyl adjacent to an activating group) is 1. The third-order valence-electron chi connectivity index (χ3n) is 1.45. The number of nitrogens with zero attached hydrogens (tertiary/aromatic N) is 1. The molecule has 2 N–H and O–H groups in total. The number of rotatable bonds is 6. The first-order chi connectivity index (χ1) is 5.74. The highest BCUT2D eigenvalue weighted by Crippen LogP contribution is 1.86. The van der Waals surface area contributed by atoms with E-state index < -0.39 is 0 Å². The number of hydrogen-bond acceptors (Lipinski definition) is 3. The largest absolute Gasteiger partial charge is 0.395 e. The van der Waals surface area contributed by atoms with E-state index in [-0.39, 0.29) is 12.5 Å². The first kappa shape index (κ1) is 11.1. The summed E-state index contributed by atoms with van der Waals surface area (Å²) in [6.45, 7) is 5.05. The number of nitrogens with one attached hydrogen (secondary N) is 1. The lowest BCUT2D eigenvalue weighted by atomic mass is 10.4. The van der Waals surface area contributed by atoms with Crippen LogP contribution in [0, 0.1) is 0 Å². The second kappa shape index (κ2) is 6.82. The molecule has 0 aromatic heterocycles. The van der Waals surface area contributed by atoms with Gasteiger partial charge in [0.05, 0.1) is 13.2 Å². The van der Waals surface area contributed by atoms with Crippen molar-refractivity contribution >= 4 is 5.91 Å². The van der Waals surface area contributed by atoms with Gasteiger partial charge in [-0.05, 0) is 0 Å². The van der Waals surface area contributed by atoms with E-state index in [0.29, 0.717) is 19.6 Å². The molecule has 0 aliphatic carbocycles. The second-order valence-corrected chi connectivity index (χ2v) is 2.42. The number of aliphatic hydroxyl groups is 1. The Morgan fingerprint density at radius 2 is 2.42 bits per heavy atom. The third kappa shape index (κ3) is 4.87. The highest BCUT2D eigenvalue weighted by Gasteiger charge is 2.06. The van der Waals surface area contributed by atoms with Gasteiger partial charge in [-0.3, -0.25) is 9.69 Å². The lowest BCUT2D eigenvalue weighted by Crippen LogP contribution is -2.37. The normalized spacial score (nSPS) is 9.92. The molecule has 0 heterocycles. The average Bonchev–Trinajstić information content (AvgIpc) is 2.05. The maximum atomic E-state index is 10.9. The molecule has 0 saturated heterocycles. The van der Waals surface area contributed by atoms with Gasteiger partial charge in [-0.25, -0.2) is 0 Å². The van der Waals surface area contributed by atoms with Crippen LogP contribution in [0.5, 0.6) is 0 Å². The third-order valence-corrected chi connectivity index (χ3v) is 1.45. The lowest BCUT2D eigenvalue weighted by molar-refractivity contribution is -0.121. The van der Waals surface area contributed by atoms with Crippen molar-refractivity contribution in [2.45, 2.75) is 0 Å². The van der Waals surface area contributed by atoms with E-state index in [1.165, 1.54) is 0 Å². The lowest BCUT2D eigenvalue weighted by Gasteiger charge is -2.17. The monoisotopic (exact) mass is 172 g/mol. The summed E-state index contributed by atoms with van der Waals surface area (Å²) in [4.78, 5) is 12.7. The topological polar surface area (TPSA) is 52.6 Å². The van der Waals surface area contributed by atoms with Crippen molar-refractivity contribution in [3.8, 4) is 0 Å². The molecule has 4 heteroatoms. The predicted molar refractivity (Wildman–Crippen MR) is 47.8 cm³/mol. The molecule has 0 radical (unpaired) electrons. The van der Waals surface area contributed by atoms with Gasteiger partial charge in [0.1, 0.15) is 0 Å². The fourth-order valence-corrected chi connectivity index (χ4v) is 0.841. The van der Waals surface area contributed by atoms with Gasteiger partial charge in [-0.15, -0.1) is 6.58 Å². The second-order valence-electron chi connectivity index (χ2n) is 2.42. The molecule has 0 aromatic rings. The Balaban J connectivity index is 3.76. The zero-order valence-electron chi connectivity index (χ0n) is 7.42. The van der Waals surface area contributed by atoms with E-state index in [1.54, 1.807) is 13.1 Å². The summed E-state index contributed by atoms with van der Waals surface area (Å²) < 4.78 is 0. The maximum absolute atomic E-state index is 10.9. The van der Waals surface area contributed by atoms with Crippen LogP contribution in [0.2, 0.25) is 0 Å². The number of carbonyl (C=O) groups excluding carboxylic acids is 1. The zero-order chi connectivity index (χ0) is 9.40. The summed E-state index contributed by atoms with van der Waals surface area (Å²) in [5.74, 6) is -0.0506. The van der Waals surface area contributed by atoms with Crippen molar-refractivity contribution in [3.63, 3.8) is 0 Å². The molecule has 0 unspecified atom stereocenters. The molecule has 0 bridgehead atoms. The quantitative estimate of drug-likeness (QED) is 0.516. The van der Waals surface area contributed by atoms with E-state index in [0.717, 1.165) is 0 Å². The Morgan fingerprint density at radius 3 is 2.83 bits per heavy atom. The predicted octanol–water partition coefficient (Wildman–Crippen LogP) is -0.787. The van der Waals surface area contributed by atoms with Crippen LogP contribution >= 0.6 is 0 Å². The summed E-state index contributed by atoms with van der Waals surface area (Å²) in [7, 11) is 1.59. The van der Waals surface area contributed by atoms with Gasteiger partial charge in [-0.2, -0.15) is 0 Å². The van der Waals surface area contributed by atoms with Gasteiger partial charge in [0, 0.05) is 20.1 Å². The number of amides is 1. The van der Waals surface area contributed by atoms with Crippen LogP contribution in [0.15, 0.2) is 12.7 Å². The smallest absolute Gasteiger partial charge is 0.233 e. The Morgan fingerprint density at radius 1 is 1.75 bits per heavy atom. The van der Waals surface area contributed by atoms with Gasteiger partial charge in [0.25, 0.3) is 0 Å². The summed E-state index contributed by atoms with van der Waals surface area (Å²) in [5, 5.41) is 11.2. The highest BCUT2D eigenvalue weighted by atomic mass is 16.3. The summed E-state index contributed by atoms with van der Waals surface area (Å²) in [6, 6.07) is 0. The van der Waals surface area contributed by atoms with Crippen molar-refractivity contribution in [1.82, 2.24) is 10.2 Å². The Kier molecular flexibility index (Phi) is 6.32. The molecular formula is C8H16N2O2. The average molecular weight is 172 g/mol. The van der Waals surface area contributed by atoms with Gasteiger partial charge in [-0.1, -0.05) is 6.08 Å². The first-order valence-electron chi connectivity index (χ1n) is 3.89. The van der Waals surface area contributed by atoms with Crippen molar-refractivity contribution in [3.05, 3.63) is 12.7 Å². The Bertz CT molecular complexity index is 148. The van der Waals surface area contributed by atoms with E-state index in [4.69, 9.17) is 5.11 Å². The molecule has 0 rings (SSSR count). The van der Waals surface area contributed by atoms with Crippen LogP contribution in [0.3, 0.4) is 0 Å². The summed E-state index contributed by atoms with van der Waals surface area (Å²) in [5.41, 5.74) is 0. The first-order valence-corrected chi connectivity index (χ1v) is 3.89. The Hall–Kier alpha value is -0.870. The van der Waals surface area contributed by atoms with Crippen molar-refractivity contribution in [2.75, 3.05) is 33.3 Å². The van der Waals surface area contributed by atoms with Crippen LogP contribution in [0.4, 0.5) is 0 Å². The number of aliphatic hydroxyl groups excluding tert-OH is 1. The van der Waals surface area contributed by atoms with Crippen LogP contribution in [-0.2, 0) is 4.79 Å². The van der Waals surface area contributed by atoms with Crippen LogP contribution in [0.1, 0.15) is 0 Å². The molecule has 4 nitrogen and oxygen atoms in total. The minimum absolute atomic E-state index is 0.0506. The molecule has 70 valence electrons. The minimum atomic E-state index is -0.0506. The van der Waals surface area contributed by atoms with Crippen LogP contribution in [0.25, 0.3) is 0 Å². The molecule has 0 saturated carbocycles. The highest BCUT2D eigenvalue weighted by molar-refractivity contribution is 5.77. The fraction of sp³-hybridized carbons (Fsp3) is 0.625. The summed E-state index contributed by atoms with van der Waals surface area (Å²) in [6.07, 6.45) is 1.71. The number of hydrogen-bond donors (Lipinski definition) is 2. The molecule has 0 spiro atoms. The molecule has 0 aliphatic heterocycles. The zero-order valence-corrected chi connectivity index (χ0v) is 7.42. The molecule has 12 heavy (non-hydrogen) atoms. The van der Waals surface area contributed by atoms with E-state index in [2.05, 4.69) is 11.9 Å². The van der Waals surface area contributed by atoms with Crippen molar-refractivity contribution in [2.24, 2.45) is 0 Å². The molecule has 0 fully saturated rings. The minimum Gasteiger partial charge on any atom is -0.395 e. The van der Waals surface area contributed by atoms with Gasteiger partial charge in [0.15, 0.2) is 0 Å². The molecular weight excluding hydrogens is 156 g/mol. The Labute approximate surface area is 72.9 Å². The van der Waals surface area contributed by atoms with Crippen molar-refractivity contribution in [1.29, 1.82) is 0 Å². The van der Waals surface area contributed by atoms with E-state index in [9.17, 15) is 4.79 Å². The van der Waals surface area contributed by atoms with Crippen molar-refractivity contribution < 1.29 is 9.90 Å². The standard InChI is InChI=1S/C8H16N2O2/c1-3-4-10(5-6-11)7-8(12)9-2/h3,11H,1,4-7H2,2H3,(H,9,12). The van der Waals surface area contributed by atoms with E-state index in [1.807, 2.05) is 4.90 Å². The van der Waals surface area contributed by atoms with Crippen LogP contribution in [-0.4, -0.2) is 49.2 Å². The van der Waals surface area contributed by atoms with Gasteiger partial charge < -0.3 is 10.4 Å². The maximum Gasteiger partial charge on any atom is 0.233 e. The SMILES string of the molecule is C=CCN(CCO)CC(=O)NC. The van der Waals surface area contributed by atoms with E-state index >= 15 is 0 Å². The summed E-state index contributed by atoms with van der Waals surface area (Å²) >= 11 is 0. The molecule has 0 aliphatic rings. The molecule has 0 atom stereocenters.